The van der Waals surface area contributed by atoms with E-state index in [1.54, 1.807) is 0 Å². The Labute approximate surface area is 148 Å². The van der Waals surface area contributed by atoms with E-state index >= 15 is 0 Å². The molecule has 2 atom stereocenters. The second kappa shape index (κ2) is 5.69. The predicted molar refractivity (Wildman–Crippen MR) is 87.9 cm³/mol. The fourth-order valence-electron chi connectivity index (χ4n) is 3.83. The molecule has 0 radical (unpaired) electrons. The van der Waals surface area contributed by atoms with Gasteiger partial charge in [-0.1, -0.05) is 42.5 Å². The zero-order valence-corrected chi connectivity index (χ0v) is 13.8. The second-order valence-electron chi connectivity index (χ2n) is 6.98. The number of benzene rings is 2. The lowest BCUT2D eigenvalue weighted by atomic mass is 9.96. The van der Waals surface area contributed by atoms with Crippen LogP contribution in [0.1, 0.15) is 35.4 Å². The van der Waals surface area contributed by atoms with Gasteiger partial charge < -0.3 is 0 Å². The molecular formula is C20H16F3NO2. The molecule has 3 nitrogen and oxygen atoms in total. The molecule has 2 fully saturated rings. The fraction of sp³-hybridized carbons (Fsp3) is 0.300. The first kappa shape index (κ1) is 16.8. The molecular weight excluding hydrogens is 343 g/mol. The molecule has 0 N–H and O–H groups in total. The van der Waals surface area contributed by atoms with E-state index in [0.29, 0.717) is 12.0 Å². The molecule has 0 unspecified atom stereocenters. The van der Waals surface area contributed by atoms with E-state index in [0.717, 1.165) is 17.7 Å². The minimum absolute atomic E-state index is 0.129. The summed E-state index contributed by atoms with van der Waals surface area (Å²) in [5.41, 5.74) is 0.0696. The highest BCUT2D eigenvalue weighted by molar-refractivity contribution is 6.08. The Kier molecular flexibility index (Phi) is 3.68. The number of hydrogen-bond acceptors (Lipinski definition) is 2. The van der Waals surface area contributed by atoms with Crippen LogP contribution in [0, 0.1) is 5.41 Å². The summed E-state index contributed by atoms with van der Waals surface area (Å²) in [4.78, 5) is 26.5. The average molecular weight is 359 g/mol. The standard InChI is InChI=1S/C20H16F3NO2/c21-20(22,23)15-8-6-14(7-9-15)16-10-19(16)11-17(25)24(18(19)26)12-13-4-2-1-3-5-13/h1-9,16H,10-12H2/t16-,19+/m1/s1. The van der Waals surface area contributed by atoms with E-state index in [1.807, 2.05) is 30.3 Å². The van der Waals surface area contributed by atoms with Crippen molar-refractivity contribution < 1.29 is 22.8 Å². The third-order valence-electron chi connectivity index (χ3n) is 5.34. The van der Waals surface area contributed by atoms with Gasteiger partial charge in [0.05, 0.1) is 17.5 Å². The summed E-state index contributed by atoms with van der Waals surface area (Å²) < 4.78 is 38.1. The Morgan fingerprint density at radius 1 is 1.00 bits per heavy atom. The van der Waals surface area contributed by atoms with Crippen LogP contribution < -0.4 is 0 Å². The van der Waals surface area contributed by atoms with Crippen molar-refractivity contribution in [1.29, 1.82) is 0 Å². The summed E-state index contributed by atoms with van der Waals surface area (Å²) in [6.07, 6.45) is -3.75. The van der Waals surface area contributed by atoms with E-state index in [9.17, 15) is 22.8 Å². The summed E-state index contributed by atoms with van der Waals surface area (Å²) in [6.45, 7) is 0.236. The third kappa shape index (κ3) is 2.69. The molecule has 0 aromatic heterocycles. The number of amides is 2. The summed E-state index contributed by atoms with van der Waals surface area (Å²) in [5, 5.41) is 0. The lowest BCUT2D eigenvalue weighted by Gasteiger charge is -2.15. The summed E-state index contributed by atoms with van der Waals surface area (Å²) in [5.74, 6) is -0.619. The van der Waals surface area contributed by atoms with E-state index in [-0.39, 0.29) is 30.7 Å². The van der Waals surface area contributed by atoms with E-state index in [1.165, 1.54) is 17.0 Å². The highest BCUT2D eigenvalue weighted by Crippen LogP contribution is 2.65. The van der Waals surface area contributed by atoms with Crippen molar-refractivity contribution in [3.8, 4) is 0 Å². The van der Waals surface area contributed by atoms with Crippen LogP contribution in [0.25, 0.3) is 0 Å². The monoisotopic (exact) mass is 359 g/mol. The van der Waals surface area contributed by atoms with Gasteiger partial charge in [0.15, 0.2) is 0 Å². The van der Waals surface area contributed by atoms with Crippen LogP contribution in [0.15, 0.2) is 54.6 Å². The van der Waals surface area contributed by atoms with E-state index in [4.69, 9.17) is 0 Å². The quantitative estimate of drug-likeness (QED) is 0.773. The average Bonchev–Trinajstić information content (AvgIpc) is 3.29. The lowest BCUT2D eigenvalue weighted by molar-refractivity contribution is -0.141. The van der Waals surface area contributed by atoms with Gasteiger partial charge in [-0.05, 0) is 35.6 Å². The van der Waals surface area contributed by atoms with Crippen molar-refractivity contribution in [2.24, 2.45) is 5.41 Å². The number of imide groups is 1. The molecule has 4 rings (SSSR count). The van der Waals surface area contributed by atoms with Crippen molar-refractivity contribution in [1.82, 2.24) is 4.90 Å². The van der Waals surface area contributed by atoms with Gasteiger partial charge in [-0.3, -0.25) is 14.5 Å². The molecule has 1 spiro atoms. The molecule has 1 aliphatic carbocycles. The minimum Gasteiger partial charge on any atom is -0.278 e. The van der Waals surface area contributed by atoms with Gasteiger partial charge in [0.25, 0.3) is 0 Å². The summed E-state index contributed by atoms with van der Waals surface area (Å²) in [6, 6.07) is 14.2. The Balaban J connectivity index is 1.52. The normalized spacial score (nSPS) is 25.2. The number of halogens is 3. The maximum atomic E-state index is 12.8. The Bertz CT molecular complexity index is 861. The van der Waals surface area contributed by atoms with Gasteiger partial charge in [-0.25, -0.2) is 0 Å². The number of likely N-dealkylation sites (tertiary alicyclic amines) is 1. The van der Waals surface area contributed by atoms with Crippen molar-refractivity contribution in [3.05, 3.63) is 71.3 Å². The molecule has 2 aromatic carbocycles. The first-order valence-electron chi connectivity index (χ1n) is 8.37. The van der Waals surface area contributed by atoms with Crippen molar-refractivity contribution in [2.75, 3.05) is 0 Å². The zero-order chi connectivity index (χ0) is 18.5. The van der Waals surface area contributed by atoms with Crippen LogP contribution in [0.4, 0.5) is 13.2 Å². The maximum absolute atomic E-state index is 12.8. The minimum atomic E-state index is -4.38. The van der Waals surface area contributed by atoms with E-state index in [2.05, 4.69) is 0 Å². The number of carbonyl (C=O) groups is 2. The maximum Gasteiger partial charge on any atom is 0.416 e. The number of hydrogen-bond donors (Lipinski definition) is 0. The number of nitrogens with zero attached hydrogens (tertiary/aromatic N) is 1. The first-order chi connectivity index (χ1) is 12.3. The third-order valence-corrected chi connectivity index (χ3v) is 5.34. The molecule has 1 aliphatic heterocycles. The molecule has 6 heteroatoms. The number of alkyl halides is 3. The van der Waals surface area contributed by atoms with Gasteiger partial charge in [0.1, 0.15) is 0 Å². The highest BCUT2D eigenvalue weighted by Gasteiger charge is 2.67. The van der Waals surface area contributed by atoms with Crippen molar-refractivity contribution >= 4 is 11.8 Å². The smallest absolute Gasteiger partial charge is 0.278 e. The fourth-order valence-corrected chi connectivity index (χ4v) is 3.83. The van der Waals surface area contributed by atoms with Crippen LogP contribution >= 0.6 is 0 Å². The molecule has 1 saturated heterocycles. The van der Waals surface area contributed by atoms with Crippen LogP contribution in [0.3, 0.4) is 0 Å². The molecule has 1 heterocycles. The van der Waals surface area contributed by atoms with Crippen LogP contribution in [-0.4, -0.2) is 16.7 Å². The van der Waals surface area contributed by atoms with Crippen LogP contribution in [0.5, 0.6) is 0 Å². The van der Waals surface area contributed by atoms with Crippen LogP contribution in [0.2, 0.25) is 0 Å². The Morgan fingerprint density at radius 3 is 2.27 bits per heavy atom. The SMILES string of the molecule is O=C1C[C@]2(C[C@@H]2c2ccc(C(F)(F)F)cc2)C(=O)N1Cc1ccccc1. The molecule has 0 bridgehead atoms. The van der Waals surface area contributed by atoms with Gasteiger partial charge >= 0.3 is 6.18 Å². The Hall–Kier alpha value is -2.63. The zero-order valence-electron chi connectivity index (χ0n) is 13.8. The van der Waals surface area contributed by atoms with Gasteiger partial charge in [0, 0.05) is 6.42 Å². The second-order valence-corrected chi connectivity index (χ2v) is 6.98. The van der Waals surface area contributed by atoms with Crippen molar-refractivity contribution in [3.63, 3.8) is 0 Å². The molecule has 134 valence electrons. The highest BCUT2D eigenvalue weighted by atomic mass is 19.4. The van der Waals surface area contributed by atoms with Gasteiger partial charge in [0.2, 0.25) is 11.8 Å². The largest absolute Gasteiger partial charge is 0.416 e. The molecule has 2 aromatic rings. The molecule has 2 aliphatic rings. The Morgan fingerprint density at radius 2 is 1.65 bits per heavy atom. The van der Waals surface area contributed by atoms with Crippen LogP contribution in [-0.2, 0) is 22.3 Å². The summed E-state index contributed by atoms with van der Waals surface area (Å²) >= 11 is 0. The van der Waals surface area contributed by atoms with Gasteiger partial charge in [-0.15, -0.1) is 0 Å². The predicted octanol–water partition coefficient (Wildman–Crippen LogP) is 4.14. The van der Waals surface area contributed by atoms with Crippen molar-refractivity contribution in [2.45, 2.75) is 31.5 Å². The molecule has 1 saturated carbocycles. The van der Waals surface area contributed by atoms with E-state index < -0.39 is 17.2 Å². The molecule has 26 heavy (non-hydrogen) atoms. The lowest BCUT2D eigenvalue weighted by Crippen LogP contribution is -2.30. The number of carbonyl (C=O) groups excluding carboxylic acids is 2. The topological polar surface area (TPSA) is 37.4 Å². The molecule has 2 amide bonds. The van der Waals surface area contributed by atoms with Gasteiger partial charge in [-0.2, -0.15) is 13.2 Å². The first-order valence-corrected chi connectivity index (χ1v) is 8.37. The summed E-state index contributed by atoms with van der Waals surface area (Å²) in [7, 11) is 0. The number of rotatable bonds is 3.